The van der Waals surface area contributed by atoms with E-state index in [0.717, 1.165) is 50.1 Å². The average Bonchev–Trinajstić information content (AvgIpc) is 3.05. The molecule has 2 aliphatic heterocycles. The fourth-order valence-corrected chi connectivity index (χ4v) is 5.15. The molecule has 180 valence electrons. The van der Waals surface area contributed by atoms with E-state index in [-0.39, 0.29) is 11.7 Å². The minimum absolute atomic E-state index is 0.0516. The van der Waals surface area contributed by atoms with Gasteiger partial charge in [0.1, 0.15) is 5.75 Å². The molecule has 0 unspecified atom stereocenters. The zero-order valence-corrected chi connectivity index (χ0v) is 20.3. The Balaban J connectivity index is 1.19. The smallest absolute Gasteiger partial charge is 0.224 e. The number of amides is 1. The van der Waals surface area contributed by atoms with Crippen molar-refractivity contribution in [3.8, 4) is 11.5 Å². The molecule has 0 bridgehead atoms. The van der Waals surface area contributed by atoms with Gasteiger partial charge < -0.3 is 9.64 Å². The summed E-state index contributed by atoms with van der Waals surface area (Å²) >= 11 is 0. The number of benzene rings is 3. The Hall–Kier alpha value is -3.44. The molecule has 1 fully saturated rings. The van der Waals surface area contributed by atoms with Gasteiger partial charge in [0.2, 0.25) is 5.91 Å². The maximum absolute atomic E-state index is 13.1. The molecular formula is C30H32N2O3. The number of ketones is 1. The average molecular weight is 469 g/mol. The van der Waals surface area contributed by atoms with Gasteiger partial charge in [0.25, 0.3) is 0 Å². The summed E-state index contributed by atoms with van der Waals surface area (Å²) in [4.78, 5) is 29.6. The maximum Gasteiger partial charge on any atom is 0.224 e. The van der Waals surface area contributed by atoms with Crippen LogP contribution in [0.3, 0.4) is 0 Å². The Bertz CT molecular complexity index is 1200. The molecule has 5 rings (SSSR count). The van der Waals surface area contributed by atoms with Crippen molar-refractivity contribution in [1.29, 1.82) is 0 Å². The Kier molecular flexibility index (Phi) is 6.96. The number of hydrogen-bond donors (Lipinski definition) is 0. The summed E-state index contributed by atoms with van der Waals surface area (Å²) in [7, 11) is 0. The van der Waals surface area contributed by atoms with Gasteiger partial charge in [-0.15, -0.1) is 0 Å². The van der Waals surface area contributed by atoms with E-state index in [0.29, 0.717) is 35.9 Å². The number of ether oxygens (including phenoxy) is 1. The number of nitrogens with zero attached hydrogens (tertiary/aromatic N) is 2. The lowest BCUT2D eigenvalue weighted by molar-refractivity contribution is -0.116. The summed E-state index contributed by atoms with van der Waals surface area (Å²) in [5.41, 5.74) is 3.67. The van der Waals surface area contributed by atoms with Gasteiger partial charge >= 0.3 is 0 Å². The number of rotatable bonds is 6. The van der Waals surface area contributed by atoms with Crippen molar-refractivity contribution in [2.45, 2.75) is 45.7 Å². The van der Waals surface area contributed by atoms with Crippen LogP contribution >= 0.6 is 0 Å². The third-order valence-electron chi connectivity index (χ3n) is 7.20. The second kappa shape index (κ2) is 10.4. The number of likely N-dealkylation sites (tertiary alicyclic amines) is 1. The standard InChI is InChI=1S/C30H32N2O3/c1-22(33)32-21-26-19-25(12-14-29(26)35-30-10-6-5-9-27(30)32)28(34)13-11-23-15-17-31(18-16-23)20-24-7-3-2-4-8-24/h2-10,12,14,19,23H,11,13,15-18,20-21H2,1H3. The molecule has 2 heterocycles. The van der Waals surface area contributed by atoms with Gasteiger partial charge in [-0.3, -0.25) is 14.5 Å². The van der Waals surface area contributed by atoms with Crippen LogP contribution in [0.1, 0.15) is 54.1 Å². The highest BCUT2D eigenvalue weighted by atomic mass is 16.5. The van der Waals surface area contributed by atoms with Crippen LogP contribution in [-0.2, 0) is 17.9 Å². The van der Waals surface area contributed by atoms with Gasteiger partial charge in [-0.05, 0) is 74.2 Å². The van der Waals surface area contributed by atoms with Gasteiger partial charge in [-0.2, -0.15) is 0 Å². The second-order valence-corrected chi connectivity index (χ2v) is 9.66. The van der Waals surface area contributed by atoms with Crippen molar-refractivity contribution in [2.75, 3.05) is 18.0 Å². The first-order chi connectivity index (χ1) is 17.1. The monoisotopic (exact) mass is 468 g/mol. The summed E-state index contributed by atoms with van der Waals surface area (Å²) < 4.78 is 6.12. The minimum atomic E-state index is -0.0516. The Labute approximate surface area is 207 Å². The van der Waals surface area contributed by atoms with Gasteiger partial charge in [-0.1, -0.05) is 42.5 Å². The molecule has 35 heavy (non-hydrogen) atoms. The van der Waals surface area contributed by atoms with Crippen molar-refractivity contribution < 1.29 is 14.3 Å². The van der Waals surface area contributed by atoms with Crippen molar-refractivity contribution >= 4 is 17.4 Å². The van der Waals surface area contributed by atoms with Crippen LogP contribution < -0.4 is 9.64 Å². The normalized spacial score (nSPS) is 16.1. The molecule has 0 aliphatic carbocycles. The number of hydrogen-bond acceptors (Lipinski definition) is 4. The molecule has 0 saturated carbocycles. The van der Waals surface area contributed by atoms with E-state index in [1.807, 2.05) is 42.5 Å². The SMILES string of the molecule is CC(=O)N1Cc2cc(C(=O)CCC3CCN(Cc4ccccc4)CC3)ccc2Oc2ccccc21. The maximum atomic E-state index is 13.1. The summed E-state index contributed by atoms with van der Waals surface area (Å²) in [5.74, 6) is 2.06. The lowest BCUT2D eigenvalue weighted by atomic mass is 9.90. The molecule has 0 atom stereocenters. The molecule has 0 spiro atoms. The number of para-hydroxylation sites is 2. The van der Waals surface area contributed by atoms with Crippen LogP contribution in [0, 0.1) is 5.92 Å². The largest absolute Gasteiger partial charge is 0.455 e. The molecule has 2 aliphatic rings. The van der Waals surface area contributed by atoms with Crippen molar-refractivity contribution in [3.05, 3.63) is 89.5 Å². The predicted molar refractivity (Wildman–Crippen MR) is 138 cm³/mol. The number of Topliss-reactive ketones (excluding diaryl/α,β-unsaturated/α-hetero) is 1. The van der Waals surface area contributed by atoms with E-state index in [9.17, 15) is 9.59 Å². The second-order valence-electron chi connectivity index (χ2n) is 9.66. The van der Waals surface area contributed by atoms with Crippen LogP contribution in [0.15, 0.2) is 72.8 Å². The zero-order valence-electron chi connectivity index (χ0n) is 20.3. The third-order valence-corrected chi connectivity index (χ3v) is 7.20. The molecule has 1 amide bonds. The van der Waals surface area contributed by atoms with Gasteiger partial charge in [0.05, 0.1) is 12.2 Å². The molecule has 3 aromatic rings. The molecule has 0 aromatic heterocycles. The van der Waals surface area contributed by atoms with Crippen LogP contribution in [0.2, 0.25) is 0 Å². The van der Waals surface area contributed by atoms with Crippen LogP contribution in [0.4, 0.5) is 5.69 Å². The van der Waals surface area contributed by atoms with E-state index < -0.39 is 0 Å². The quantitative estimate of drug-likeness (QED) is 0.403. The topological polar surface area (TPSA) is 49.9 Å². The number of fused-ring (bicyclic) bond motifs is 2. The fraction of sp³-hybridized carbons (Fsp3) is 0.333. The van der Waals surface area contributed by atoms with E-state index >= 15 is 0 Å². The summed E-state index contributed by atoms with van der Waals surface area (Å²) in [6.07, 6.45) is 3.77. The minimum Gasteiger partial charge on any atom is -0.455 e. The fourth-order valence-electron chi connectivity index (χ4n) is 5.15. The van der Waals surface area contributed by atoms with Crippen LogP contribution in [0.5, 0.6) is 11.5 Å². The van der Waals surface area contributed by atoms with Crippen molar-refractivity contribution in [1.82, 2.24) is 4.90 Å². The lowest BCUT2D eigenvalue weighted by Gasteiger charge is -2.32. The Morgan fingerprint density at radius 1 is 0.914 bits per heavy atom. The van der Waals surface area contributed by atoms with Crippen LogP contribution in [0.25, 0.3) is 0 Å². The van der Waals surface area contributed by atoms with E-state index in [1.165, 1.54) is 5.56 Å². The lowest BCUT2D eigenvalue weighted by Crippen LogP contribution is -2.33. The highest BCUT2D eigenvalue weighted by Crippen LogP contribution is 2.39. The molecule has 5 nitrogen and oxygen atoms in total. The number of anilines is 1. The summed E-state index contributed by atoms with van der Waals surface area (Å²) in [6.45, 7) is 5.13. The number of carbonyl (C=O) groups excluding carboxylic acids is 2. The Morgan fingerprint density at radius 3 is 2.43 bits per heavy atom. The number of carbonyl (C=O) groups is 2. The molecule has 0 radical (unpaired) electrons. The van der Waals surface area contributed by atoms with Gasteiger partial charge in [-0.25, -0.2) is 0 Å². The van der Waals surface area contributed by atoms with Crippen molar-refractivity contribution in [2.24, 2.45) is 5.92 Å². The highest BCUT2D eigenvalue weighted by molar-refractivity contribution is 5.97. The molecular weight excluding hydrogens is 436 g/mol. The summed E-state index contributed by atoms with van der Waals surface area (Å²) in [5, 5.41) is 0. The third kappa shape index (κ3) is 5.46. The molecule has 3 aromatic carbocycles. The predicted octanol–water partition coefficient (Wildman–Crippen LogP) is 6.22. The zero-order chi connectivity index (χ0) is 24.2. The highest BCUT2D eigenvalue weighted by Gasteiger charge is 2.25. The molecule has 1 saturated heterocycles. The van der Waals surface area contributed by atoms with Crippen molar-refractivity contribution in [3.63, 3.8) is 0 Å². The number of piperidine rings is 1. The molecule has 5 heteroatoms. The molecule has 0 N–H and O–H groups in total. The van der Waals surface area contributed by atoms with E-state index in [1.54, 1.807) is 11.8 Å². The first-order valence-electron chi connectivity index (χ1n) is 12.5. The Morgan fingerprint density at radius 2 is 1.66 bits per heavy atom. The van der Waals surface area contributed by atoms with Crippen LogP contribution in [-0.4, -0.2) is 29.7 Å². The van der Waals surface area contributed by atoms with E-state index in [4.69, 9.17) is 4.74 Å². The first-order valence-corrected chi connectivity index (χ1v) is 12.5. The van der Waals surface area contributed by atoms with Gasteiger partial charge in [0, 0.05) is 31.0 Å². The first kappa shape index (κ1) is 23.3. The van der Waals surface area contributed by atoms with Gasteiger partial charge in [0.15, 0.2) is 11.5 Å². The summed E-state index contributed by atoms with van der Waals surface area (Å²) in [6, 6.07) is 23.8. The van der Waals surface area contributed by atoms with E-state index in [2.05, 4.69) is 35.2 Å².